The Balaban J connectivity index is 4.34. The van der Waals surface area contributed by atoms with E-state index in [1.807, 2.05) is 13.8 Å². The molecule has 14 heavy (non-hydrogen) atoms. The van der Waals surface area contributed by atoms with Crippen LogP contribution in [0.2, 0.25) is 0 Å². The Morgan fingerprint density at radius 3 is 2.21 bits per heavy atom. The van der Waals surface area contributed by atoms with E-state index in [9.17, 15) is 5.11 Å². The fourth-order valence-electron chi connectivity index (χ4n) is 1.97. The molecule has 0 rings (SSSR count). The highest BCUT2D eigenvalue weighted by molar-refractivity contribution is 7.80. The summed E-state index contributed by atoms with van der Waals surface area (Å²) in [7, 11) is 0. The number of hydrogen-bond acceptors (Lipinski definition) is 4. The van der Waals surface area contributed by atoms with Gasteiger partial charge in [-0.25, -0.2) is 0 Å². The summed E-state index contributed by atoms with van der Waals surface area (Å²) >= 11 is 4.08. The van der Waals surface area contributed by atoms with Crippen molar-refractivity contribution in [3.8, 4) is 0 Å². The summed E-state index contributed by atoms with van der Waals surface area (Å²) in [4.78, 5) is 0. The van der Waals surface area contributed by atoms with Gasteiger partial charge in [0, 0.05) is 23.8 Å². The highest BCUT2D eigenvalue weighted by atomic mass is 32.1. The third-order valence-corrected chi connectivity index (χ3v) is 2.61. The maximum atomic E-state index is 9.92. The molecule has 0 aromatic carbocycles. The molecule has 0 bridgehead atoms. The van der Waals surface area contributed by atoms with Crippen LogP contribution >= 0.6 is 12.6 Å². The van der Waals surface area contributed by atoms with Gasteiger partial charge in [0.1, 0.15) is 6.23 Å². The maximum Gasteiger partial charge on any atom is 0.109 e. The molecule has 0 saturated carbocycles. The number of rotatable bonds is 6. The SMILES string of the molecule is CC(C)C(C(O)NCCS)C(C)(C)N. The van der Waals surface area contributed by atoms with Crippen LogP contribution in [0.3, 0.4) is 0 Å². The Morgan fingerprint density at radius 1 is 1.43 bits per heavy atom. The van der Waals surface area contributed by atoms with E-state index in [0.717, 1.165) is 0 Å². The second-order valence-electron chi connectivity index (χ2n) is 4.71. The van der Waals surface area contributed by atoms with E-state index in [1.54, 1.807) is 0 Å². The van der Waals surface area contributed by atoms with Gasteiger partial charge < -0.3 is 10.8 Å². The molecular formula is C10H24N2OS. The molecule has 86 valence electrons. The number of nitrogens with two attached hydrogens (primary N) is 1. The van der Waals surface area contributed by atoms with Gasteiger partial charge in [-0.3, -0.25) is 5.32 Å². The topological polar surface area (TPSA) is 58.3 Å². The first kappa shape index (κ1) is 14.2. The van der Waals surface area contributed by atoms with Crippen molar-refractivity contribution in [1.29, 1.82) is 0 Å². The van der Waals surface area contributed by atoms with Crippen molar-refractivity contribution >= 4 is 12.6 Å². The minimum Gasteiger partial charge on any atom is -0.378 e. The zero-order valence-electron chi connectivity index (χ0n) is 9.62. The lowest BCUT2D eigenvalue weighted by Crippen LogP contribution is -2.54. The Hall–Kier alpha value is 0.230. The standard InChI is InChI=1S/C10H24N2OS/c1-7(2)8(10(3,4)11)9(13)12-5-6-14/h7-9,12-14H,5-6,11H2,1-4H3. The fourth-order valence-corrected chi connectivity index (χ4v) is 2.10. The van der Waals surface area contributed by atoms with Gasteiger partial charge in [0.15, 0.2) is 0 Å². The van der Waals surface area contributed by atoms with Crippen molar-refractivity contribution in [2.75, 3.05) is 12.3 Å². The van der Waals surface area contributed by atoms with E-state index < -0.39 is 6.23 Å². The Morgan fingerprint density at radius 2 is 1.93 bits per heavy atom. The molecule has 4 heteroatoms. The second-order valence-corrected chi connectivity index (χ2v) is 5.16. The summed E-state index contributed by atoms with van der Waals surface area (Å²) in [5.74, 6) is 1.10. The molecule has 0 radical (unpaired) electrons. The van der Waals surface area contributed by atoms with Crippen LogP contribution in [0.5, 0.6) is 0 Å². The van der Waals surface area contributed by atoms with E-state index in [4.69, 9.17) is 5.73 Å². The molecule has 0 aliphatic heterocycles. The smallest absolute Gasteiger partial charge is 0.109 e. The van der Waals surface area contributed by atoms with Crippen LogP contribution in [0.4, 0.5) is 0 Å². The van der Waals surface area contributed by atoms with E-state index in [1.165, 1.54) is 0 Å². The summed E-state index contributed by atoms with van der Waals surface area (Å²) < 4.78 is 0. The summed E-state index contributed by atoms with van der Waals surface area (Å²) in [6, 6.07) is 0. The zero-order chi connectivity index (χ0) is 11.4. The molecular weight excluding hydrogens is 196 g/mol. The number of thiol groups is 1. The zero-order valence-corrected chi connectivity index (χ0v) is 10.5. The van der Waals surface area contributed by atoms with Crippen LogP contribution < -0.4 is 11.1 Å². The lowest BCUT2D eigenvalue weighted by molar-refractivity contribution is 0.0180. The van der Waals surface area contributed by atoms with Crippen LogP contribution in [-0.2, 0) is 0 Å². The van der Waals surface area contributed by atoms with Crippen molar-refractivity contribution in [3.05, 3.63) is 0 Å². The molecule has 2 atom stereocenters. The van der Waals surface area contributed by atoms with Crippen molar-refractivity contribution in [2.24, 2.45) is 17.6 Å². The number of aliphatic hydroxyl groups excluding tert-OH is 1. The average molecular weight is 220 g/mol. The third-order valence-electron chi connectivity index (χ3n) is 2.38. The lowest BCUT2D eigenvalue weighted by Gasteiger charge is -2.37. The molecule has 0 amide bonds. The van der Waals surface area contributed by atoms with Gasteiger partial charge in [-0.2, -0.15) is 12.6 Å². The molecule has 0 aliphatic rings. The first-order valence-electron chi connectivity index (χ1n) is 5.12. The second kappa shape index (κ2) is 5.95. The minimum atomic E-state index is -0.554. The molecule has 0 aromatic rings. The van der Waals surface area contributed by atoms with Crippen molar-refractivity contribution in [3.63, 3.8) is 0 Å². The van der Waals surface area contributed by atoms with E-state index >= 15 is 0 Å². The first-order valence-corrected chi connectivity index (χ1v) is 5.75. The predicted molar refractivity (Wildman–Crippen MR) is 64.5 cm³/mol. The molecule has 0 spiro atoms. The molecule has 0 aromatic heterocycles. The van der Waals surface area contributed by atoms with E-state index in [-0.39, 0.29) is 11.5 Å². The van der Waals surface area contributed by atoms with Gasteiger partial charge in [0.05, 0.1) is 0 Å². The van der Waals surface area contributed by atoms with Gasteiger partial charge in [-0.1, -0.05) is 13.8 Å². The molecule has 0 saturated heterocycles. The summed E-state index contributed by atoms with van der Waals surface area (Å²) in [5.41, 5.74) is 5.66. The molecule has 3 nitrogen and oxygen atoms in total. The molecule has 0 heterocycles. The minimum absolute atomic E-state index is 0.0439. The average Bonchev–Trinajstić information content (AvgIpc) is 1.97. The predicted octanol–water partition coefficient (Wildman–Crippen LogP) is 0.834. The number of aliphatic hydroxyl groups is 1. The van der Waals surface area contributed by atoms with Crippen molar-refractivity contribution in [2.45, 2.75) is 39.5 Å². The van der Waals surface area contributed by atoms with Gasteiger partial charge >= 0.3 is 0 Å². The highest BCUT2D eigenvalue weighted by Gasteiger charge is 2.33. The van der Waals surface area contributed by atoms with Crippen LogP contribution in [0.15, 0.2) is 0 Å². The number of nitrogens with one attached hydrogen (secondary N) is 1. The van der Waals surface area contributed by atoms with Crippen molar-refractivity contribution in [1.82, 2.24) is 5.32 Å². The number of hydrogen-bond donors (Lipinski definition) is 4. The van der Waals surface area contributed by atoms with Crippen LogP contribution in [0.25, 0.3) is 0 Å². The van der Waals surface area contributed by atoms with E-state index in [0.29, 0.717) is 18.2 Å². The third kappa shape index (κ3) is 4.64. The van der Waals surface area contributed by atoms with Crippen LogP contribution in [-0.4, -0.2) is 29.2 Å². The van der Waals surface area contributed by atoms with Gasteiger partial charge in [0.25, 0.3) is 0 Å². The van der Waals surface area contributed by atoms with E-state index in [2.05, 4.69) is 31.8 Å². The Kier molecular flexibility index (Phi) is 6.05. The normalized spacial score (nSPS) is 17.1. The van der Waals surface area contributed by atoms with Crippen molar-refractivity contribution < 1.29 is 5.11 Å². The molecule has 2 unspecified atom stereocenters. The largest absolute Gasteiger partial charge is 0.378 e. The summed E-state index contributed by atoms with van der Waals surface area (Å²) in [6.45, 7) is 8.74. The van der Waals surface area contributed by atoms with Gasteiger partial charge in [-0.15, -0.1) is 0 Å². The van der Waals surface area contributed by atoms with Gasteiger partial charge in [-0.05, 0) is 19.8 Å². The quantitative estimate of drug-likeness (QED) is 0.396. The van der Waals surface area contributed by atoms with Gasteiger partial charge in [0.2, 0.25) is 0 Å². The Bertz CT molecular complexity index is 157. The van der Waals surface area contributed by atoms with Crippen LogP contribution in [0.1, 0.15) is 27.7 Å². The maximum absolute atomic E-state index is 9.92. The Labute approximate surface area is 92.9 Å². The lowest BCUT2D eigenvalue weighted by atomic mass is 9.79. The molecule has 0 fully saturated rings. The first-order chi connectivity index (χ1) is 6.30. The fraction of sp³-hybridized carbons (Fsp3) is 1.00. The monoisotopic (exact) mass is 220 g/mol. The summed E-state index contributed by atoms with van der Waals surface area (Å²) in [6.07, 6.45) is -0.554. The molecule has 4 N–H and O–H groups in total. The van der Waals surface area contributed by atoms with Crippen LogP contribution in [0, 0.1) is 11.8 Å². The highest BCUT2D eigenvalue weighted by Crippen LogP contribution is 2.24. The summed E-state index contributed by atoms with van der Waals surface area (Å²) in [5, 5.41) is 12.9. The molecule has 0 aliphatic carbocycles.